The molecule has 16 rings (SSSR count). The number of nitrogens with zero attached hydrogens (tertiary/aromatic N) is 3. The molecule has 0 aliphatic heterocycles. The molecule has 0 N–H and O–H groups in total. The van der Waals surface area contributed by atoms with Crippen LogP contribution < -0.4 is 28.9 Å². The summed E-state index contributed by atoms with van der Waals surface area (Å²) in [7, 11) is 0. The van der Waals surface area contributed by atoms with Gasteiger partial charge >= 0.3 is 17.9 Å². The standard InChI is InChI=1S/C113H97N3O6/c1-73-18-48-98(49-19-73)114(99-50-20-74(2)21-51-99)104-60-42-89(43-61-104)86-30-36-92(37-31-86)110(117)120-107-79(7)66-95(67-80(107)8)113(72-85-16-14-13-15-17-85,96-68-81(9)108(82(10)69-96)121-111(118)93-38-32-87(33-39-93)90-44-62-105(63-45-90)115(100-52-22-75(3)23-53-100)101-54-24-76(4)25-55-101)97-70-83(11)109(84(12)71-97)122-112(119)94-40-34-88(35-41-94)91-46-64-106(65-47-91)116(102-56-26-77(5)27-57-102)103-58-28-78(6)29-59-103/h13-71H,72H2,1-12H3. The lowest BCUT2D eigenvalue weighted by Crippen LogP contribution is -2.33. The normalized spacial score (nSPS) is 11.2. The lowest BCUT2D eigenvalue weighted by Gasteiger charge is -2.38. The fourth-order valence-corrected chi connectivity index (χ4v) is 16.5. The predicted octanol–water partition coefficient (Wildman–Crippen LogP) is 29.0. The third kappa shape index (κ3) is 17.4. The zero-order valence-electron chi connectivity index (χ0n) is 71.1. The Morgan fingerprint density at radius 3 is 0.582 bits per heavy atom. The van der Waals surface area contributed by atoms with Gasteiger partial charge < -0.3 is 28.9 Å². The van der Waals surface area contributed by atoms with E-state index in [0.717, 1.165) is 140 Å². The number of benzene rings is 16. The molecular weight excluding hydrogens is 1500 g/mol. The fraction of sp³-hybridized carbons (Fsp3) is 0.124. The molecular formula is C113H97N3O6. The zero-order chi connectivity index (χ0) is 84.9. The van der Waals surface area contributed by atoms with Crippen molar-refractivity contribution >= 4 is 69.1 Å². The Morgan fingerprint density at radius 1 is 0.221 bits per heavy atom. The van der Waals surface area contributed by atoms with Crippen molar-refractivity contribution < 1.29 is 28.6 Å². The van der Waals surface area contributed by atoms with E-state index < -0.39 is 23.3 Å². The van der Waals surface area contributed by atoms with E-state index in [1.54, 1.807) is 0 Å². The van der Waals surface area contributed by atoms with Gasteiger partial charge in [-0.25, -0.2) is 14.4 Å². The largest absolute Gasteiger partial charge is 0.422 e. The number of esters is 3. The van der Waals surface area contributed by atoms with Crippen LogP contribution in [0.2, 0.25) is 0 Å². The number of hydrogen-bond acceptors (Lipinski definition) is 9. The number of carbonyl (C=O) groups is 3. The highest BCUT2D eigenvalue weighted by Gasteiger charge is 2.40. The third-order valence-corrected chi connectivity index (χ3v) is 23.2. The van der Waals surface area contributed by atoms with Crippen molar-refractivity contribution in [3.8, 4) is 50.6 Å². The molecule has 0 spiro atoms. The van der Waals surface area contributed by atoms with Crippen molar-refractivity contribution in [2.24, 2.45) is 0 Å². The SMILES string of the molecule is Cc1ccc(N(c2ccc(C)cc2)c2ccc(-c3ccc(C(=O)Oc4c(C)cc(C(Cc5ccccc5)(c5cc(C)c(OC(=O)c6ccc(-c7ccc(N(c8ccc(C)cc8)c8ccc(C)cc8)cc7)cc6)c(C)c5)c5cc(C)c(OC(=O)c6ccc(-c7ccc(N(c8ccc(C)cc8)c8ccc(C)cc8)cc7)cc6)c(C)c5)cc4C)cc3)cc2)cc1. The Labute approximate surface area is 717 Å². The van der Waals surface area contributed by atoms with Gasteiger partial charge in [-0.05, 0) is 324 Å². The summed E-state index contributed by atoms with van der Waals surface area (Å²) in [4.78, 5) is 50.6. The maximum absolute atomic E-state index is 14.6. The van der Waals surface area contributed by atoms with E-state index in [9.17, 15) is 14.4 Å². The molecule has 9 nitrogen and oxygen atoms in total. The molecule has 9 heteroatoms. The second kappa shape index (κ2) is 35.1. The van der Waals surface area contributed by atoms with Gasteiger partial charge in [0.25, 0.3) is 0 Å². The monoisotopic (exact) mass is 1590 g/mol. The van der Waals surface area contributed by atoms with Crippen LogP contribution in [0.25, 0.3) is 33.4 Å². The van der Waals surface area contributed by atoms with Gasteiger partial charge in [-0.3, -0.25) is 0 Å². The van der Waals surface area contributed by atoms with Crippen LogP contribution in [0.5, 0.6) is 17.2 Å². The molecule has 16 aromatic carbocycles. The number of hydrogen-bond donors (Lipinski definition) is 0. The Balaban J connectivity index is 0.702. The van der Waals surface area contributed by atoms with Gasteiger partial charge in [0.1, 0.15) is 17.2 Å². The minimum Gasteiger partial charge on any atom is -0.422 e. The van der Waals surface area contributed by atoms with Crippen molar-refractivity contribution in [3.05, 3.63) is 464 Å². The Hall–Kier alpha value is -14.7. The average Bonchev–Trinajstić information content (AvgIpc) is 0.727. The number of anilines is 9. The summed E-state index contributed by atoms with van der Waals surface area (Å²) >= 11 is 0. The molecule has 0 heterocycles. The van der Waals surface area contributed by atoms with Crippen LogP contribution in [0.3, 0.4) is 0 Å². The molecule has 0 radical (unpaired) electrons. The zero-order valence-corrected chi connectivity index (χ0v) is 71.1. The summed E-state index contributed by atoms with van der Waals surface area (Å²) in [5.41, 5.74) is 31.1. The molecule has 0 saturated heterocycles. The first kappa shape index (κ1) is 81.1. The van der Waals surface area contributed by atoms with Crippen molar-refractivity contribution in [1.29, 1.82) is 0 Å². The van der Waals surface area contributed by atoms with Gasteiger partial charge in [0.05, 0.1) is 16.7 Å². The van der Waals surface area contributed by atoms with Crippen LogP contribution >= 0.6 is 0 Å². The second-order valence-corrected chi connectivity index (χ2v) is 32.4. The van der Waals surface area contributed by atoms with Crippen molar-refractivity contribution in [1.82, 2.24) is 0 Å². The van der Waals surface area contributed by atoms with Crippen LogP contribution in [0.15, 0.2) is 358 Å². The van der Waals surface area contributed by atoms with E-state index in [2.05, 4.69) is 335 Å². The van der Waals surface area contributed by atoms with E-state index in [4.69, 9.17) is 14.2 Å². The van der Waals surface area contributed by atoms with Crippen molar-refractivity contribution in [3.63, 3.8) is 0 Å². The Bertz CT molecular complexity index is 5660. The summed E-state index contributed by atoms with van der Waals surface area (Å²) in [5, 5.41) is 0. The van der Waals surface area contributed by atoms with Gasteiger partial charge in [-0.1, -0.05) is 246 Å². The summed E-state index contributed by atoms with van der Waals surface area (Å²) < 4.78 is 19.5. The third-order valence-electron chi connectivity index (χ3n) is 23.2. The molecule has 16 aromatic rings. The number of carbonyl (C=O) groups excluding carboxylic acids is 3. The highest BCUT2D eigenvalue weighted by Crippen LogP contribution is 2.49. The quantitative estimate of drug-likeness (QED) is 0.0353. The average molecular weight is 1590 g/mol. The second-order valence-electron chi connectivity index (χ2n) is 32.4. The topological polar surface area (TPSA) is 88.6 Å². The first-order valence-electron chi connectivity index (χ1n) is 41.5. The van der Waals surface area contributed by atoms with E-state index in [1.165, 1.54) is 33.4 Å². The highest BCUT2D eigenvalue weighted by atomic mass is 16.5. The number of rotatable bonds is 23. The molecule has 0 atom stereocenters. The maximum Gasteiger partial charge on any atom is 0.343 e. The Morgan fingerprint density at radius 2 is 0.393 bits per heavy atom. The van der Waals surface area contributed by atoms with Gasteiger partial charge in [-0.15, -0.1) is 0 Å². The van der Waals surface area contributed by atoms with Crippen molar-refractivity contribution in [2.45, 2.75) is 94.9 Å². The van der Waals surface area contributed by atoms with E-state index in [-0.39, 0.29) is 0 Å². The minimum absolute atomic E-state index is 0.410. The van der Waals surface area contributed by atoms with Crippen LogP contribution in [0.1, 0.15) is 120 Å². The molecule has 0 aromatic heterocycles. The van der Waals surface area contributed by atoms with Gasteiger partial charge in [0, 0.05) is 56.6 Å². The van der Waals surface area contributed by atoms with Crippen molar-refractivity contribution in [2.75, 3.05) is 14.7 Å². The minimum atomic E-state index is -0.996. The Kier molecular flexibility index (Phi) is 23.3. The predicted molar refractivity (Wildman–Crippen MR) is 501 cm³/mol. The van der Waals surface area contributed by atoms with Crippen LogP contribution in [-0.2, 0) is 11.8 Å². The molecule has 0 fully saturated rings. The van der Waals surface area contributed by atoms with E-state index in [0.29, 0.717) is 40.4 Å². The molecule has 0 unspecified atom stereocenters. The van der Waals surface area contributed by atoms with E-state index >= 15 is 0 Å². The van der Waals surface area contributed by atoms with Gasteiger partial charge in [0.15, 0.2) is 0 Å². The molecule has 0 amide bonds. The highest BCUT2D eigenvalue weighted by molar-refractivity contribution is 5.95. The van der Waals surface area contributed by atoms with E-state index in [1.807, 2.05) is 120 Å². The number of ether oxygens (including phenoxy) is 3. The fourth-order valence-electron chi connectivity index (χ4n) is 16.5. The molecule has 122 heavy (non-hydrogen) atoms. The molecule has 0 aliphatic rings. The summed E-state index contributed by atoms with van der Waals surface area (Å²) in [6.45, 7) is 24.5. The smallest absolute Gasteiger partial charge is 0.343 e. The lowest BCUT2D eigenvalue weighted by molar-refractivity contribution is 0.0723. The number of aryl methyl sites for hydroxylation is 12. The molecule has 0 saturated carbocycles. The summed E-state index contributed by atoms with van der Waals surface area (Å²) in [5.74, 6) is -0.0780. The van der Waals surface area contributed by atoms with Gasteiger partial charge in [-0.2, -0.15) is 0 Å². The molecule has 0 bridgehead atoms. The molecule has 600 valence electrons. The summed E-state index contributed by atoms with van der Waals surface area (Å²) in [6.07, 6.45) is 0.467. The lowest BCUT2D eigenvalue weighted by atomic mass is 9.64. The van der Waals surface area contributed by atoms with Crippen LogP contribution in [0, 0.1) is 83.1 Å². The van der Waals surface area contributed by atoms with Crippen LogP contribution in [-0.4, -0.2) is 17.9 Å². The first-order chi connectivity index (χ1) is 59.0. The van der Waals surface area contributed by atoms with Gasteiger partial charge in [0.2, 0.25) is 0 Å². The van der Waals surface area contributed by atoms with Crippen LogP contribution in [0.4, 0.5) is 51.2 Å². The molecule has 0 aliphatic carbocycles. The maximum atomic E-state index is 14.6. The first-order valence-corrected chi connectivity index (χ1v) is 41.5. The summed E-state index contributed by atoms with van der Waals surface area (Å²) in [6, 6.07) is 123.